The molecular formula is C22H35N3O3. The number of morpholine rings is 1. The zero-order valence-electron chi connectivity index (χ0n) is 17.3. The molecule has 28 heavy (non-hydrogen) atoms. The Bertz CT molecular complexity index is 579. The Morgan fingerprint density at radius 1 is 0.964 bits per heavy atom. The molecule has 0 saturated carbocycles. The van der Waals surface area contributed by atoms with E-state index in [1.165, 1.54) is 18.4 Å². The van der Waals surface area contributed by atoms with Gasteiger partial charge in [-0.3, -0.25) is 14.6 Å². The SMILES string of the molecule is CCCCCOc1ccc(CN2CCN(CC(=O)N3CCOCC3)CC2)cc1. The second-order valence-electron chi connectivity index (χ2n) is 7.74. The second kappa shape index (κ2) is 11.4. The minimum atomic E-state index is 0.242. The van der Waals surface area contributed by atoms with Gasteiger partial charge in [0.1, 0.15) is 5.75 Å². The highest BCUT2D eigenvalue weighted by Gasteiger charge is 2.22. The summed E-state index contributed by atoms with van der Waals surface area (Å²) in [7, 11) is 0. The van der Waals surface area contributed by atoms with E-state index in [1.54, 1.807) is 0 Å². The number of carbonyl (C=O) groups excluding carboxylic acids is 1. The third-order valence-electron chi connectivity index (χ3n) is 5.53. The van der Waals surface area contributed by atoms with Crippen LogP contribution in [0.5, 0.6) is 5.75 Å². The zero-order valence-corrected chi connectivity index (χ0v) is 17.3. The molecule has 2 saturated heterocycles. The van der Waals surface area contributed by atoms with Crippen LogP contribution in [0.3, 0.4) is 0 Å². The number of piperazine rings is 1. The molecule has 0 radical (unpaired) electrons. The van der Waals surface area contributed by atoms with Gasteiger partial charge in [0, 0.05) is 45.8 Å². The average molecular weight is 390 g/mol. The van der Waals surface area contributed by atoms with Crippen LogP contribution in [0.4, 0.5) is 0 Å². The van der Waals surface area contributed by atoms with E-state index in [9.17, 15) is 4.79 Å². The van der Waals surface area contributed by atoms with Crippen LogP contribution in [0.2, 0.25) is 0 Å². The summed E-state index contributed by atoms with van der Waals surface area (Å²) < 4.78 is 11.1. The van der Waals surface area contributed by atoms with Gasteiger partial charge in [0.05, 0.1) is 26.4 Å². The predicted octanol–water partition coefficient (Wildman–Crippen LogP) is 2.23. The van der Waals surface area contributed by atoms with E-state index in [0.717, 1.165) is 64.6 Å². The number of benzene rings is 1. The average Bonchev–Trinajstić information content (AvgIpc) is 2.74. The molecule has 1 aromatic rings. The molecule has 6 nitrogen and oxygen atoms in total. The van der Waals surface area contributed by atoms with Gasteiger partial charge >= 0.3 is 0 Å². The molecule has 156 valence electrons. The summed E-state index contributed by atoms with van der Waals surface area (Å²) in [4.78, 5) is 19.1. The first kappa shape index (κ1) is 21.1. The lowest BCUT2D eigenvalue weighted by atomic mass is 10.2. The summed E-state index contributed by atoms with van der Waals surface area (Å²) in [6, 6.07) is 8.50. The van der Waals surface area contributed by atoms with Gasteiger partial charge in [0.25, 0.3) is 0 Å². The van der Waals surface area contributed by atoms with Crippen LogP contribution in [-0.2, 0) is 16.1 Å². The largest absolute Gasteiger partial charge is 0.494 e. The first-order valence-electron chi connectivity index (χ1n) is 10.8. The quantitative estimate of drug-likeness (QED) is 0.606. The van der Waals surface area contributed by atoms with Crippen molar-refractivity contribution >= 4 is 5.91 Å². The topological polar surface area (TPSA) is 45.2 Å². The number of ether oxygens (including phenoxy) is 2. The van der Waals surface area contributed by atoms with Gasteiger partial charge in [0.2, 0.25) is 5.91 Å². The van der Waals surface area contributed by atoms with Gasteiger partial charge < -0.3 is 14.4 Å². The van der Waals surface area contributed by atoms with Crippen molar-refractivity contribution in [1.29, 1.82) is 0 Å². The highest BCUT2D eigenvalue weighted by atomic mass is 16.5. The number of nitrogens with zero attached hydrogens (tertiary/aromatic N) is 3. The number of unbranched alkanes of at least 4 members (excludes halogenated alkanes) is 2. The first-order valence-corrected chi connectivity index (χ1v) is 10.8. The molecular weight excluding hydrogens is 354 g/mol. The van der Waals surface area contributed by atoms with Gasteiger partial charge in [-0.25, -0.2) is 0 Å². The van der Waals surface area contributed by atoms with Crippen LogP contribution in [0, 0.1) is 0 Å². The van der Waals surface area contributed by atoms with Crippen molar-refractivity contribution in [1.82, 2.24) is 14.7 Å². The van der Waals surface area contributed by atoms with Gasteiger partial charge in [-0.05, 0) is 24.1 Å². The number of rotatable bonds is 9. The van der Waals surface area contributed by atoms with Crippen molar-refractivity contribution in [2.75, 3.05) is 65.6 Å². The molecule has 6 heteroatoms. The van der Waals surface area contributed by atoms with E-state index >= 15 is 0 Å². The molecule has 0 aliphatic carbocycles. The fourth-order valence-corrected chi connectivity index (χ4v) is 3.70. The number of hydrogen-bond acceptors (Lipinski definition) is 5. The Labute approximate surface area is 169 Å². The highest BCUT2D eigenvalue weighted by molar-refractivity contribution is 5.78. The molecule has 0 N–H and O–H groups in total. The van der Waals surface area contributed by atoms with Crippen LogP contribution < -0.4 is 4.74 Å². The fourth-order valence-electron chi connectivity index (χ4n) is 3.70. The zero-order chi connectivity index (χ0) is 19.6. The van der Waals surface area contributed by atoms with E-state index in [4.69, 9.17) is 9.47 Å². The van der Waals surface area contributed by atoms with Crippen LogP contribution in [0.1, 0.15) is 31.7 Å². The summed E-state index contributed by atoms with van der Waals surface area (Å²) in [6.45, 7) is 11.2. The number of amides is 1. The van der Waals surface area contributed by atoms with E-state index in [2.05, 4.69) is 41.0 Å². The fraction of sp³-hybridized carbons (Fsp3) is 0.682. The maximum absolute atomic E-state index is 12.4. The molecule has 2 aliphatic rings. The van der Waals surface area contributed by atoms with E-state index < -0.39 is 0 Å². The Hall–Kier alpha value is -1.63. The summed E-state index contributed by atoms with van der Waals surface area (Å²) >= 11 is 0. The first-order chi connectivity index (χ1) is 13.7. The molecule has 1 amide bonds. The van der Waals surface area contributed by atoms with Crippen molar-refractivity contribution in [3.8, 4) is 5.75 Å². The summed E-state index contributed by atoms with van der Waals surface area (Å²) in [5, 5.41) is 0. The van der Waals surface area contributed by atoms with Gasteiger partial charge in [-0.2, -0.15) is 0 Å². The minimum absolute atomic E-state index is 0.242. The third kappa shape index (κ3) is 6.76. The second-order valence-corrected chi connectivity index (χ2v) is 7.74. The Morgan fingerprint density at radius 2 is 1.64 bits per heavy atom. The monoisotopic (exact) mass is 389 g/mol. The van der Waals surface area contributed by atoms with E-state index in [1.807, 2.05) is 4.90 Å². The third-order valence-corrected chi connectivity index (χ3v) is 5.53. The lowest BCUT2D eigenvalue weighted by Crippen LogP contribution is -2.51. The molecule has 0 bridgehead atoms. The predicted molar refractivity (Wildman–Crippen MR) is 111 cm³/mol. The van der Waals surface area contributed by atoms with Crippen molar-refractivity contribution in [2.24, 2.45) is 0 Å². The summed E-state index contributed by atoms with van der Waals surface area (Å²) in [6.07, 6.45) is 3.57. The van der Waals surface area contributed by atoms with Gasteiger partial charge in [-0.1, -0.05) is 31.9 Å². The molecule has 0 aromatic heterocycles. The molecule has 0 atom stereocenters. The maximum Gasteiger partial charge on any atom is 0.236 e. The smallest absolute Gasteiger partial charge is 0.236 e. The van der Waals surface area contributed by atoms with Crippen molar-refractivity contribution in [2.45, 2.75) is 32.7 Å². The standard InChI is InChI=1S/C22H35N3O3/c1-2-3-4-15-28-21-7-5-20(6-8-21)18-23-9-11-24(12-10-23)19-22(26)25-13-16-27-17-14-25/h5-8H,2-4,9-19H2,1H3. The van der Waals surface area contributed by atoms with E-state index in [0.29, 0.717) is 19.8 Å². The van der Waals surface area contributed by atoms with Crippen molar-refractivity contribution in [3.05, 3.63) is 29.8 Å². The number of carbonyl (C=O) groups is 1. The lowest BCUT2D eigenvalue weighted by molar-refractivity contribution is -0.136. The molecule has 2 aliphatic heterocycles. The maximum atomic E-state index is 12.4. The van der Waals surface area contributed by atoms with Crippen LogP contribution in [0.25, 0.3) is 0 Å². The van der Waals surface area contributed by atoms with Crippen molar-refractivity contribution in [3.63, 3.8) is 0 Å². The van der Waals surface area contributed by atoms with Gasteiger partial charge in [0.15, 0.2) is 0 Å². The molecule has 2 fully saturated rings. The molecule has 0 spiro atoms. The van der Waals surface area contributed by atoms with Crippen LogP contribution >= 0.6 is 0 Å². The Morgan fingerprint density at radius 3 is 2.32 bits per heavy atom. The molecule has 3 rings (SSSR count). The molecule has 2 heterocycles. The Balaban J connectivity index is 1.35. The number of hydrogen-bond donors (Lipinski definition) is 0. The summed E-state index contributed by atoms with van der Waals surface area (Å²) in [5.41, 5.74) is 1.32. The lowest BCUT2D eigenvalue weighted by Gasteiger charge is -2.36. The van der Waals surface area contributed by atoms with E-state index in [-0.39, 0.29) is 5.91 Å². The van der Waals surface area contributed by atoms with Crippen LogP contribution in [0.15, 0.2) is 24.3 Å². The highest BCUT2D eigenvalue weighted by Crippen LogP contribution is 2.15. The Kier molecular flexibility index (Phi) is 8.58. The molecule has 0 unspecified atom stereocenters. The van der Waals surface area contributed by atoms with Gasteiger partial charge in [-0.15, -0.1) is 0 Å². The molecule has 1 aromatic carbocycles. The van der Waals surface area contributed by atoms with Crippen LogP contribution in [-0.4, -0.2) is 86.2 Å². The normalized spacial score (nSPS) is 19.0. The minimum Gasteiger partial charge on any atom is -0.494 e. The van der Waals surface area contributed by atoms with Crippen molar-refractivity contribution < 1.29 is 14.3 Å². The summed E-state index contributed by atoms with van der Waals surface area (Å²) in [5.74, 6) is 1.21.